The molecule has 0 spiro atoms. The fourth-order valence-corrected chi connectivity index (χ4v) is 5.98. The second-order valence-corrected chi connectivity index (χ2v) is 11.0. The molecule has 2 heterocycles. The zero-order valence-electron chi connectivity index (χ0n) is 23.9. The van der Waals surface area contributed by atoms with Gasteiger partial charge in [0.15, 0.2) is 0 Å². The van der Waals surface area contributed by atoms with Crippen molar-refractivity contribution in [3.63, 3.8) is 0 Å². The van der Waals surface area contributed by atoms with Gasteiger partial charge in [0.2, 0.25) is 5.91 Å². The average Bonchev–Trinajstić information content (AvgIpc) is 3.13. The standard InChI is InChI=1S/C32H35F3N4O3/c1-4-42-26-14-23(21-7-5-20(6-8-21)22-9-11-29-28(15-22)37-19(2)39(29)3)13-24(18-40)27(16-26)31(41)38-30-12-10-25(17-36-30)32(33,34)35/h5-12,15,17,23-24,26-27,40H,4,13-14,16,18H2,1-3H3,(H,36,38,41)/t23?,24-,26?,27?/m0/s1. The summed E-state index contributed by atoms with van der Waals surface area (Å²) < 4.78 is 46.8. The molecule has 0 radical (unpaired) electrons. The molecule has 1 fully saturated rings. The number of alkyl halides is 3. The monoisotopic (exact) mass is 580 g/mol. The van der Waals surface area contributed by atoms with Gasteiger partial charge in [0.1, 0.15) is 11.6 Å². The quantitative estimate of drug-likeness (QED) is 0.244. The largest absolute Gasteiger partial charge is 0.417 e. The molecule has 4 atom stereocenters. The van der Waals surface area contributed by atoms with Crippen molar-refractivity contribution in [3.8, 4) is 11.1 Å². The van der Waals surface area contributed by atoms with Crippen molar-refractivity contribution in [2.24, 2.45) is 18.9 Å². The summed E-state index contributed by atoms with van der Waals surface area (Å²) in [7, 11) is 2.00. The molecule has 1 amide bonds. The number of imidazole rings is 1. The number of hydrogen-bond donors (Lipinski definition) is 2. The minimum Gasteiger partial charge on any atom is -0.396 e. The Labute approximate surface area is 242 Å². The Morgan fingerprint density at radius 2 is 1.81 bits per heavy atom. The van der Waals surface area contributed by atoms with Gasteiger partial charge < -0.3 is 19.7 Å². The molecule has 2 aromatic heterocycles. The molecule has 2 aromatic carbocycles. The fourth-order valence-electron chi connectivity index (χ4n) is 5.98. The summed E-state index contributed by atoms with van der Waals surface area (Å²) in [6, 6.07) is 16.6. The number of amides is 1. The molecule has 1 aliphatic carbocycles. The van der Waals surface area contributed by atoms with Gasteiger partial charge in [0.25, 0.3) is 0 Å². The predicted octanol–water partition coefficient (Wildman–Crippen LogP) is 6.50. The minimum absolute atomic E-state index is 0.0353. The number of ether oxygens (including phenoxy) is 1. The lowest BCUT2D eigenvalue weighted by Crippen LogP contribution is -2.33. The Balaban J connectivity index is 1.34. The summed E-state index contributed by atoms with van der Waals surface area (Å²) in [6.07, 6.45) is -2.39. The molecule has 3 unspecified atom stereocenters. The molecule has 222 valence electrons. The molecule has 2 N–H and O–H groups in total. The van der Waals surface area contributed by atoms with Crippen LogP contribution in [0, 0.1) is 18.8 Å². The Hall–Kier alpha value is -3.76. The highest BCUT2D eigenvalue weighted by Crippen LogP contribution is 2.40. The summed E-state index contributed by atoms with van der Waals surface area (Å²) in [5, 5.41) is 13.0. The van der Waals surface area contributed by atoms with E-state index in [0.717, 1.165) is 45.7 Å². The van der Waals surface area contributed by atoms with Crippen LogP contribution >= 0.6 is 0 Å². The van der Waals surface area contributed by atoms with E-state index in [1.807, 2.05) is 20.9 Å². The van der Waals surface area contributed by atoms with Gasteiger partial charge in [-0.25, -0.2) is 9.97 Å². The van der Waals surface area contributed by atoms with Gasteiger partial charge in [-0.15, -0.1) is 0 Å². The highest BCUT2D eigenvalue weighted by atomic mass is 19.4. The Bertz CT molecular complexity index is 1530. The third kappa shape index (κ3) is 6.34. The normalized spacial score (nSPS) is 21.3. The number of carbonyl (C=O) groups is 1. The third-order valence-electron chi connectivity index (χ3n) is 8.36. The van der Waals surface area contributed by atoms with E-state index in [-0.39, 0.29) is 36.3 Å². The Morgan fingerprint density at radius 3 is 2.45 bits per heavy atom. The maximum atomic E-state index is 13.3. The van der Waals surface area contributed by atoms with Crippen molar-refractivity contribution in [1.29, 1.82) is 0 Å². The number of rotatable bonds is 7. The number of nitrogens with zero attached hydrogens (tertiary/aromatic N) is 3. The van der Waals surface area contributed by atoms with Gasteiger partial charge in [0.05, 0.1) is 22.7 Å². The third-order valence-corrected chi connectivity index (χ3v) is 8.36. The van der Waals surface area contributed by atoms with Crippen LogP contribution in [-0.4, -0.2) is 44.9 Å². The van der Waals surface area contributed by atoms with E-state index in [1.54, 1.807) is 0 Å². The number of anilines is 1. The molecular weight excluding hydrogens is 545 g/mol. The van der Waals surface area contributed by atoms with Crippen molar-refractivity contribution in [2.45, 2.75) is 51.3 Å². The fraction of sp³-hybridized carbons (Fsp3) is 0.406. The van der Waals surface area contributed by atoms with Crippen molar-refractivity contribution >= 4 is 22.8 Å². The molecule has 0 aliphatic heterocycles. The Morgan fingerprint density at radius 1 is 1.07 bits per heavy atom. The molecule has 4 aromatic rings. The number of carbonyl (C=O) groups excluding carboxylic acids is 1. The summed E-state index contributed by atoms with van der Waals surface area (Å²) >= 11 is 0. The Kier molecular flexibility index (Phi) is 8.65. The van der Waals surface area contributed by atoms with Gasteiger partial charge in [-0.05, 0) is 85.9 Å². The minimum atomic E-state index is -4.51. The lowest BCUT2D eigenvalue weighted by Gasteiger charge is -2.25. The summed E-state index contributed by atoms with van der Waals surface area (Å²) in [6.45, 7) is 4.16. The van der Waals surface area contributed by atoms with Crippen LogP contribution in [0.1, 0.15) is 49.1 Å². The molecule has 1 saturated carbocycles. The molecule has 1 aliphatic rings. The van der Waals surface area contributed by atoms with Gasteiger partial charge in [0, 0.05) is 32.4 Å². The zero-order chi connectivity index (χ0) is 30.0. The van der Waals surface area contributed by atoms with Gasteiger partial charge >= 0.3 is 6.18 Å². The van der Waals surface area contributed by atoms with Crippen LogP contribution in [0.25, 0.3) is 22.2 Å². The molecule has 7 nitrogen and oxygen atoms in total. The molecular formula is C32H35F3N4O3. The van der Waals surface area contributed by atoms with Gasteiger partial charge in [-0.3, -0.25) is 4.79 Å². The molecule has 0 bridgehead atoms. The average molecular weight is 581 g/mol. The van der Waals surface area contributed by atoms with E-state index in [0.29, 0.717) is 32.1 Å². The van der Waals surface area contributed by atoms with Crippen molar-refractivity contribution in [2.75, 3.05) is 18.5 Å². The smallest absolute Gasteiger partial charge is 0.396 e. The van der Waals surface area contributed by atoms with Crippen LogP contribution in [0.5, 0.6) is 0 Å². The van der Waals surface area contributed by atoms with E-state index >= 15 is 0 Å². The highest BCUT2D eigenvalue weighted by molar-refractivity contribution is 5.92. The first-order chi connectivity index (χ1) is 20.1. The number of pyridine rings is 1. The lowest BCUT2D eigenvalue weighted by atomic mass is 9.83. The van der Waals surface area contributed by atoms with Crippen LogP contribution in [-0.2, 0) is 22.8 Å². The van der Waals surface area contributed by atoms with E-state index in [4.69, 9.17) is 4.74 Å². The van der Waals surface area contributed by atoms with E-state index in [9.17, 15) is 23.1 Å². The number of hydrogen-bond acceptors (Lipinski definition) is 5. The first kappa shape index (κ1) is 29.7. The van der Waals surface area contributed by atoms with Crippen LogP contribution in [0.15, 0.2) is 60.8 Å². The number of halogens is 3. The number of nitrogens with one attached hydrogen (secondary N) is 1. The van der Waals surface area contributed by atoms with E-state index in [1.165, 1.54) is 0 Å². The van der Waals surface area contributed by atoms with E-state index in [2.05, 4.69) is 62.3 Å². The number of benzene rings is 2. The second-order valence-electron chi connectivity index (χ2n) is 11.0. The lowest BCUT2D eigenvalue weighted by molar-refractivity contribution is -0.137. The summed E-state index contributed by atoms with van der Waals surface area (Å²) in [5.74, 6) is -0.292. The van der Waals surface area contributed by atoms with Crippen LogP contribution in [0.4, 0.5) is 19.0 Å². The second kappa shape index (κ2) is 12.2. The topological polar surface area (TPSA) is 89.3 Å². The van der Waals surface area contributed by atoms with Gasteiger partial charge in [-0.2, -0.15) is 13.2 Å². The SMILES string of the molecule is CCOC1CC(c2ccc(-c3ccc4c(c3)nc(C)n4C)cc2)C[C@@H](CO)C(C(=O)Nc2ccc(C(F)(F)F)cn2)C1. The number of aliphatic hydroxyl groups is 1. The predicted molar refractivity (Wildman–Crippen MR) is 155 cm³/mol. The molecule has 42 heavy (non-hydrogen) atoms. The number of aromatic nitrogens is 3. The van der Waals surface area contributed by atoms with Gasteiger partial charge in [-0.1, -0.05) is 30.3 Å². The summed E-state index contributed by atoms with van der Waals surface area (Å²) in [4.78, 5) is 21.8. The highest BCUT2D eigenvalue weighted by Gasteiger charge is 2.38. The molecule has 10 heteroatoms. The number of aliphatic hydroxyl groups excluding tert-OH is 1. The zero-order valence-corrected chi connectivity index (χ0v) is 23.9. The van der Waals surface area contributed by atoms with Crippen molar-refractivity contribution in [3.05, 3.63) is 77.7 Å². The molecule has 5 rings (SSSR count). The maximum Gasteiger partial charge on any atom is 0.417 e. The maximum absolute atomic E-state index is 13.3. The van der Waals surface area contributed by atoms with Crippen molar-refractivity contribution in [1.82, 2.24) is 14.5 Å². The van der Waals surface area contributed by atoms with Crippen LogP contribution in [0.2, 0.25) is 0 Å². The van der Waals surface area contributed by atoms with Crippen LogP contribution < -0.4 is 5.32 Å². The van der Waals surface area contributed by atoms with Crippen molar-refractivity contribution < 1.29 is 27.8 Å². The number of fused-ring (bicyclic) bond motifs is 1. The van der Waals surface area contributed by atoms with Crippen LogP contribution in [0.3, 0.4) is 0 Å². The first-order valence-corrected chi connectivity index (χ1v) is 14.2. The number of aryl methyl sites for hydroxylation is 2. The molecule has 0 saturated heterocycles. The summed E-state index contributed by atoms with van der Waals surface area (Å²) in [5.41, 5.74) is 4.38. The van der Waals surface area contributed by atoms with E-state index < -0.39 is 17.7 Å². The first-order valence-electron chi connectivity index (χ1n) is 14.2.